The summed E-state index contributed by atoms with van der Waals surface area (Å²) in [7, 11) is 0. The number of nitrogens with two attached hydrogens (primary N) is 1. The van der Waals surface area contributed by atoms with Crippen LogP contribution in [0.5, 0.6) is 0 Å². The molecular formula is C24H21N3. The summed E-state index contributed by atoms with van der Waals surface area (Å²) < 4.78 is 0. The summed E-state index contributed by atoms with van der Waals surface area (Å²) in [6, 6.07) is 30.8. The Bertz CT molecular complexity index is 1120. The van der Waals surface area contributed by atoms with E-state index in [4.69, 9.17) is 5.73 Å². The van der Waals surface area contributed by atoms with Crippen LogP contribution in [0.3, 0.4) is 0 Å². The van der Waals surface area contributed by atoms with Crippen molar-refractivity contribution in [3.63, 3.8) is 0 Å². The van der Waals surface area contributed by atoms with E-state index in [2.05, 4.69) is 71.8 Å². The monoisotopic (exact) mass is 351 g/mol. The van der Waals surface area contributed by atoms with Crippen molar-refractivity contribution >= 4 is 28.1 Å². The summed E-state index contributed by atoms with van der Waals surface area (Å²) in [6.07, 6.45) is 0. The van der Waals surface area contributed by atoms with Crippen molar-refractivity contribution in [2.24, 2.45) is 10.7 Å². The standard InChI is InChI=1S/C24H21N3/c1-17-8-2-4-13-21(17)19-11-6-12-20(16-19)26-24(25)27-23-15-7-10-18-9-3-5-14-22(18)23/h2-16H,1H3,(H3,25,26,27). The van der Waals surface area contributed by atoms with Gasteiger partial charge in [-0.15, -0.1) is 0 Å². The zero-order chi connectivity index (χ0) is 18.6. The minimum atomic E-state index is 0.369. The normalized spacial score (nSPS) is 11.5. The molecule has 3 heteroatoms. The first-order chi connectivity index (χ1) is 13.2. The molecule has 0 spiro atoms. The van der Waals surface area contributed by atoms with Crippen molar-refractivity contribution in [2.75, 3.05) is 5.32 Å². The molecule has 4 aromatic carbocycles. The molecule has 27 heavy (non-hydrogen) atoms. The molecule has 3 nitrogen and oxygen atoms in total. The minimum Gasteiger partial charge on any atom is -0.369 e. The molecule has 0 aliphatic heterocycles. The molecule has 0 saturated heterocycles. The summed E-state index contributed by atoms with van der Waals surface area (Å²) in [6.45, 7) is 2.12. The highest BCUT2D eigenvalue weighted by Gasteiger charge is 2.04. The maximum Gasteiger partial charge on any atom is 0.198 e. The Morgan fingerprint density at radius 2 is 1.56 bits per heavy atom. The van der Waals surface area contributed by atoms with Gasteiger partial charge in [-0.2, -0.15) is 0 Å². The van der Waals surface area contributed by atoms with Crippen LogP contribution in [0.4, 0.5) is 11.4 Å². The number of hydrogen-bond donors (Lipinski definition) is 2. The van der Waals surface area contributed by atoms with E-state index in [9.17, 15) is 0 Å². The summed E-state index contributed by atoms with van der Waals surface area (Å²) in [5.41, 5.74) is 11.6. The molecule has 0 aromatic heterocycles. The molecule has 0 amide bonds. The molecule has 0 unspecified atom stereocenters. The first-order valence-corrected chi connectivity index (χ1v) is 8.96. The van der Waals surface area contributed by atoms with Crippen LogP contribution in [0.25, 0.3) is 21.9 Å². The van der Waals surface area contributed by atoms with Crippen molar-refractivity contribution < 1.29 is 0 Å². The van der Waals surface area contributed by atoms with Crippen LogP contribution < -0.4 is 11.1 Å². The third-order valence-electron chi connectivity index (χ3n) is 4.60. The summed E-state index contributed by atoms with van der Waals surface area (Å²) >= 11 is 0. The van der Waals surface area contributed by atoms with Gasteiger partial charge in [0.25, 0.3) is 0 Å². The number of fused-ring (bicyclic) bond motifs is 1. The van der Waals surface area contributed by atoms with E-state index in [-0.39, 0.29) is 0 Å². The molecule has 0 radical (unpaired) electrons. The topological polar surface area (TPSA) is 50.4 Å². The zero-order valence-corrected chi connectivity index (χ0v) is 15.2. The molecule has 4 rings (SSSR count). The van der Waals surface area contributed by atoms with Gasteiger partial charge < -0.3 is 11.1 Å². The van der Waals surface area contributed by atoms with Gasteiger partial charge in [0.1, 0.15) is 0 Å². The number of aliphatic imine (C=N–C) groups is 1. The minimum absolute atomic E-state index is 0.369. The zero-order valence-electron chi connectivity index (χ0n) is 15.2. The molecule has 0 saturated carbocycles. The predicted octanol–water partition coefficient (Wildman–Crippen LogP) is 5.87. The van der Waals surface area contributed by atoms with Gasteiger partial charge in [0.15, 0.2) is 5.96 Å². The molecule has 0 atom stereocenters. The van der Waals surface area contributed by atoms with E-state index >= 15 is 0 Å². The first kappa shape index (κ1) is 16.9. The number of aryl methyl sites for hydroxylation is 1. The van der Waals surface area contributed by atoms with E-state index in [1.807, 2.05) is 36.4 Å². The molecule has 132 valence electrons. The lowest BCUT2D eigenvalue weighted by molar-refractivity contribution is 1.44. The maximum absolute atomic E-state index is 6.19. The van der Waals surface area contributed by atoms with Gasteiger partial charge in [-0.3, -0.25) is 0 Å². The van der Waals surface area contributed by atoms with Crippen molar-refractivity contribution in [3.8, 4) is 11.1 Å². The number of nitrogens with one attached hydrogen (secondary N) is 1. The molecule has 4 aromatic rings. The number of nitrogens with zero attached hydrogens (tertiary/aromatic N) is 1. The average Bonchev–Trinajstić information content (AvgIpc) is 2.69. The lowest BCUT2D eigenvalue weighted by Crippen LogP contribution is -2.21. The Morgan fingerprint density at radius 3 is 2.44 bits per heavy atom. The molecule has 0 fully saturated rings. The third kappa shape index (κ3) is 3.67. The van der Waals surface area contributed by atoms with Crippen molar-refractivity contribution in [1.29, 1.82) is 0 Å². The first-order valence-electron chi connectivity index (χ1n) is 8.96. The van der Waals surface area contributed by atoms with Crippen LogP contribution in [0, 0.1) is 6.92 Å². The Labute approximate surface area is 159 Å². The van der Waals surface area contributed by atoms with Gasteiger partial charge in [-0.1, -0.05) is 72.8 Å². The van der Waals surface area contributed by atoms with E-state index < -0.39 is 0 Å². The van der Waals surface area contributed by atoms with Crippen LogP contribution in [0.1, 0.15) is 5.56 Å². The molecule has 3 N–H and O–H groups in total. The summed E-state index contributed by atoms with van der Waals surface area (Å²) in [5.74, 6) is 0.369. The van der Waals surface area contributed by atoms with Crippen LogP contribution in [0.15, 0.2) is 96.0 Å². The number of anilines is 1. The van der Waals surface area contributed by atoms with Crippen molar-refractivity contribution in [1.82, 2.24) is 0 Å². The van der Waals surface area contributed by atoms with Gasteiger partial charge in [-0.25, -0.2) is 4.99 Å². The molecule has 0 bridgehead atoms. The van der Waals surface area contributed by atoms with E-state index in [0.29, 0.717) is 5.96 Å². The highest BCUT2D eigenvalue weighted by atomic mass is 15.1. The smallest absolute Gasteiger partial charge is 0.198 e. The molecule has 0 aliphatic rings. The Hall–Kier alpha value is -3.59. The van der Waals surface area contributed by atoms with Gasteiger partial charge in [-0.05, 0) is 47.2 Å². The predicted molar refractivity (Wildman–Crippen MR) is 115 cm³/mol. The van der Waals surface area contributed by atoms with E-state index in [0.717, 1.165) is 27.7 Å². The molecular weight excluding hydrogens is 330 g/mol. The average molecular weight is 351 g/mol. The van der Waals surface area contributed by atoms with Crippen LogP contribution in [-0.2, 0) is 0 Å². The van der Waals surface area contributed by atoms with Crippen molar-refractivity contribution in [3.05, 3.63) is 96.6 Å². The Balaban J connectivity index is 1.63. The quantitative estimate of drug-likeness (QED) is 0.358. The number of hydrogen-bond acceptors (Lipinski definition) is 1. The fourth-order valence-corrected chi connectivity index (χ4v) is 3.27. The summed E-state index contributed by atoms with van der Waals surface area (Å²) in [5, 5.41) is 5.44. The highest BCUT2D eigenvalue weighted by molar-refractivity contribution is 5.99. The Morgan fingerprint density at radius 1 is 0.815 bits per heavy atom. The third-order valence-corrected chi connectivity index (χ3v) is 4.60. The van der Waals surface area contributed by atoms with Crippen LogP contribution in [-0.4, -0.2) is 5.96 Å². The van der Waals surface area contributed by atoms with Crippen LogP contribution >= 0.6 is 0 Å². The Kier molecular flexibility index (Phi) is 4.58. The van der Waals surface area contributed by atoms with Crippen LogP contribution in [0.2, 0.25) is 0 Å². The van der Waals surface area contributed by atoms with Gasteiger partial charge in [0.05, 0.1) is 5.69 Å². The summed E-state index contributed by atoms with van der Waals surface area (Å²) in [4.78, 5) is 4.59. The molecule has 0 aliphatic carbocycles. The maximum atomic E-state index is 6.19. The van der Waals surface area contributed by atoms with Gasteiger partial charge in [0.2, 0.25) is 0 Å². The molecule has 0 heterocycles. The second-order valence-corrected chi connectivity index (χ2v) is 6.52. The largest absolute Gasteiger partial charge is 0.369 e. The highest BCUT2D eigenvalue weighted by Crippen LogP contribution is 2.27. The fourth-order valence-electron chi connectivity index (χ4n) is 3.27. The van der Waals surface area contributed by atoms with E-state index in [1.165, 1.54) is 11.1 Å². The SMILES string of the molecule is Cc1ccccc1-c1cccc(NC(N)=Nc2cccc3ccccc23)c1. The second kappa shape index (κ2) is 7.34. The number of guanidine groups is 1. The van der Waals surface area contributed by atoms with Gasteiger partial charge in [0, 0.05) is 11.1 Å². The number of rotatable bonds is 3. The number of benzene rings is 4. The lowest BCUT2D eigenvalue weighted by atomic mass is 10.0. The second-order valence-electron chi connectivity index (χ2n) is 6.52. The lowest BCUT2D eigenvalue weighted by Gasteiger charge is -2.10. The van der Waals surface area contributed by atoms with Crippen molar-refractivity contribution in [2.45, 2.75) is 6.92 Å². The van der Waals surface area contributed by atoms with E-state index in [1.54, 1.807) is 0 Å². The van der Waals surface area contributed by atoms with Gasteiger partial charge >= 0.3 is 0 Å². The fraction of sp³-hybridized carbons (Fsp3) is 0.0417.